The summed E-state index contributed by atoms with van der Waals surface area (Å²) in [5, 5.41) is 7.53. The van der Waals surface area contributed by atoms with Crippen molar-refractivity contribution in [1.29, 1.82) is 0 Å². The fourth-order valence-corrected chi connectivity index (χ4v) is 3.09. The molecular formula is C14H16N4O3S2. The van der Waals surface area contributed by atoms with Crippen molar-refractivity contribution >= 4 is 34.9 Å². The van der Waals surface area contributed by atoms with Gasteiger partial charge in [0, 0.05) is 18.0 Å². The lowest BCUT2D eigenvalue weighted by Gasteiger charge is -2.05. The Balaban J connectivity index is 1.93. The molecular weight excluding hydrogens is 336 g/mol. The molecule has 9 heteroatoms. The van der Waals surface area contributed by atoms with E-state index < -0.39 is 0 Å². The quantitative estimate of drug-likeness (QED) is 0.498. The average molecular weight is 352 g/mol. The van der Waals surface area contributed by atoms with Gasteiger partial charge in [-0.25, -0.2) is 4.98 Å². The highest BCUT2D eigenvalue weighted by Crippen LogP contribution is 2.11. The Morgan fingerprint density at radius 1 is 1.39 bits per heavy atom. The van der Waals surface area contributed by atoms with Crippen molar-refractivity contribution in [3.63, 3.8) is 0 Å². The van der Waals surface area contributed by atoms with E-state index in [0.29, 0.717) is 17.4 Å². The van der Waals surface area contributed by atoms with E-state index in [1.807, 2.05) is 17.5 Å². The Morgan fingerprint density at radius 2 is 2.22 bits per heavy atom. The number of aromatic nitrogens is 2. The summed E-state index contributed by atoms with van der Waals surface area (Å²) in [6, 6.07) is 5.14. The molecule has 2 rings (SSSR count). The zero-order valence-corrected chi connectivity index (χ0v) is 14.1. The second-order valence-corrected chi connectivity index (χ2v) is 6.53. The van der Waals surface area contributed by atoms with Crippen molar-refractivity contribution in [1.82, 2.24) is 20.6 Å². The van der Waals surface area contributed by atoms with Crippen LogP contribution in [0.3, 0.4) is 0 Å². The summed E-state index contributed by atoms with van der Waals surface area (Å²) in [6.45, 7) is 0.456. The first-order valence-electron chi connectivity index (χ1n) is 6.79. The normalized spacial score (nSPS) is 10.3. The highest BCUT2D eigenvalue weighted by molar-refractivity contribution is 7.99. The third-order valence-electron chi connectivity index (χ3n) is 2.77. The number of thioether (sulfide) groups is 1. The molecule has 0 aromatic carbocycles. The molecule has 2 amide bonds. The van der Waals surface area contributed by atoms with Crippen LogP contribution in [-0.2, 0) is 22.6 Å². The number of carbonyl (C=O) groups is 2. The van der Waals surface area contributed by atoms with Crippen molar-refractivity contribution in [2.75, 3.05) is 12.8 Å². The minimum atomic E-state index is -0.347. The van der Waals surface area contributed by atoms with Gasteiger partial charge in [0.2, 0.25) is 11.8 Å². The number of hydrogen-bond acceptors (Lipinski definition) is 6. The van der Waals surface area contributed by atoms with Crippen LogP contribution in [0.1, 0.15) is 10.6 Å². The van der Waals surface area contributed by atoms with Gasteiger partial charge in [-0.2, -0.15) is 0 Å². The van der Waals surface area contributed by atoms with Gasteiger partial charge < -0.3 is 15.6 Å². The molecule has 0 saturated carbocycles. The van der Waals surface area contributed by atoms with Crippen molar-refractivity contribution in [3.05, 3.63) is 44.5 Å². The molecule has 7 nitrogen and oxygen atoms in total. The maximum absolute atomic E-state index is 11.9. The summed E-state index contributed by atoms with van der Waals surface area (Å²) in [5.74, 6) is -0.233. The Kier molecular flexibility index (Phi) is 6.36. The summed E-state index contributed by atoms with van der Waals surface area (Å²) < 4.78 is 0. The van der Waals surface area contributed by atoms with E-state index in [4.69, 9.17) is 0 Å². The standard InChI is InChI=1S/C14H16N4O3S2/c1-15-13(21)8-23-14-17-9(6-12(20)18-14)5-11(19)16-7-10-3-2-4-22-10/h2-4,6H,5,7-8H2,1H3,(H,15,21)(H,16,19)(H,17,18,20). The molecule has 0 saturated heterocycles. The van der Waals surface area contributed by atoms with E-state index in [9.17, 15) is 14.4 Å². The number of hydrogen-bond donors (Lipinski definition) is 3. The van der Waals surface area contributed by atoms with Crippen molar-refractivity contribution < 1.29 is 9.59 Å². The molecule has 0 aliphatic heterocycles. The van der Waals surface area contributed by atoms with Crippen LogP contribution in [0.2, 0.25) is 0 Å². The predicted molar refractivity (Wildman–Crippen MR) is 89.5 cm³/mol. The van der Waals surface area contributed by atoms with Crippen LogP contribution in [0.15, 0.2) is 33.5 Å². The maximum atomic E-state index is 11.9. The summed E-state index contributed by atoms with van der Waals surface area (Å²) in [5.41, 5.74) is 0.0253. The largest absolute Gasteiger partial charge is 0.358 e. The number of H-pyrrole nitrogens is 1. The second kappa shape index (κ2) is 8.49. The van der Waals surface area contributed by atoms with Crippen molar-refractivity contribution in [2.24, 2.45) is 0 Å². The third-order valence-corrected chi connectivity index (χ3v) is 4.52. The van der Waals surface area contributed by atoms with Gasteiger partial charge >= 0.3 is 0 Å². The summed E-state index contributed by atoms with van der Waals surface area (Å²) in [4.78, 5) is 42.5. The Bertz CT molecular complexity index is 728. The van der Waals surface area contributed by atoms with Gasteiger partial charge in [-0.15, -0.1) is 11.3 Å². The Labute approximate surface area is 140 Å². The van der Waals surface area contributed by atoms with Crippen LogP contribution in [-0.4, -0.2) is 34.6 Å². The number of aromatic amines is 1. The van der Waals surface area contributed by atoms with E-state index >= 15 is 0 Å². The number of carbonyl (C=O) groups excluding carboxylic acids is 2. The van der Waals surface area contributed by atoms with Gasteiger partial charge in [-0.3, -0.25) is 14.4 Å². The van der Waals surface area contributed by atoms with Gasteiger partial charge in [0.05, 0.1) is 24.4 Å². The number of rotatable bonds is 7. The first-order valence-corrected chi connectivity index (χ1v) is 8.66. The van der Waals surface area contributed by atoms with E-state index in [1.54, 1.807) is 11.3 Å². The molecule has 2 aromatic rings. The molecule has 0 fully saturated rings. The van der Waals surface area contributed by atoms with Crippen molar-refractivity contribution in [3.8, 4) is 0 Å². The molecule has 2 heterocycles. The molecule has 23 heavy (non-hydrogen) atoms. The molecule has 2 aromatic heterocycles. The zero-order valence-electron chi connectivity index (χ0n) is 12.4. The number of nitrogens with one attached hydrogen (secondary N) is 3. The molecule has 0 atom stereocenters. The van der Waals surface area contributed by atoms with Gasteiger partial charge in [0.1, 0.15) is 0 Å². The monoisotopic (exact) mass is 352 g/mol. The SMILES string of the molecule is CNC(=O)CSc1nc(CC(=O)NCc2cccs2)cc(=O)[nH]1. The number of nitrogens with zero attached hydrogens (tertiary/aromatic N) is 1. The molecule has 122 valence electrons. The topological polar surface area (TPSA) is 104 Å². The number of amides is 2. The van der Waals surface area contributed by atoms with Gasteiger partial charge in [-0.1, -0.05) is 17.8 Å². The van der Waals surface area contributed by atoms with Crippen molar-refractivity contribution in [2.45, 2.75) is 18.1 Å². The fraction of sp³-hybridized carbons (Fsp3) is 0.286. The first-order chi connectivity index (χ1) is 11.1. The van der Waals surface area contributed by atoms with Crippen LogP contribution >= 0.6 is 23.1 Å². The molecule has 0 spiro atoms. The second-order valence-electron chi connectivity index (χ2n) is 4.54. The van der Waals surface area contributed by atoms with E-state index in [-0.39, 0.29) is 29.5 Å². The molecule has 3 N–H and O–H groups in total. The summed E-state index contributed by atoms with van der Waals surface area (Å²) >= 11 is 2.67. The predicted octanol–water partition coefficient (Wildman–Crippen LogP) is 0.528. The maximum Gasteiger partial charge on any atom is 0.251 e. The first kappa shape index (κ1) is 17.2. The third kappa shape index (κ3) is 5.87. The van der Waals surface area contributed by atoms with Gasteiger partial charge in [0.25, 0.3) is 5.56 Å². The lowest BCUT2D eigenvalue weighted by molar-refractivity contribution is -0.120. The lowest BCUT2D eigenvalue weighted by Crippen LogP contribution is -2.25. The van der Waals surface area contributed by atoms with Crippen LogP contribution < -0.4 is 16.2 Å². The lowest BCUT2D eigenvalue weighted by atomic mass is 10.3. The molecule has 0 aliphatic rings. The Hall–Kier alpha value is -2.13. The smallest absolute Gasteiger partial charge is 0.251 e. The highest BCUT2D eigenvalue weighted by atomic mass is 32.2. The van der Waals surface area contributed by atoms with Crippen LogP contribution in [0, 0.1) is 0 Å². The van der Waals surface area contributed by atoms with Gasteiger partial charge in [0.15, 0.2) is 5.16 Å². The summed E-state index contributed by atoms with van der Waals surface area (Å²) in [6.07, 6.45) is 0.0167. The number of thiophene rings is 1. The van der Waals surface area contributed by atoms with E-state index in [0.717, 1.165) is 16.6 Å². The van der Waals surface area contributed by atoms with Crippen LogP contribution in [0.4, 0.5) is 0 Å². The average Bonchev–Trinajstić information content (AvgIpc) is 3.03. The minimum absolute atomic E-state index is 0.0167. The van der Waals surface area contributed by atoms with Crippen LogP contribution in [0.5, 0.6) is 0 Å². The molecule has 0 unspecified atom stereocenters. The Morgan fingerprint density at radius 3 is 2.91 bits per heavy atom. The molecule has 0 radical (unpaired) electrons. The molecule has 0 aliphatic carbocycles. The van der Waals surface area contributed by atoms with E-state index in [2.05, 4.69) is 20.6 Å². The van der Waals surface area contributed by atoms with E-state index in [1.165, 1.54) is 13.1 Å². The van der Waals surface area contributed by atoms with Crippen LogP contribution in [0.25, 0.3) is 0 Å². The fourth-order valence-electron chi connectivity index (χ4n) is 1.67. The highest BCUT2D eigenvalue weighted by Gasteiger charge is 2.09. The summed E-state index contributed by atoms with van der Waals surface area (Å²) in [7, 11) is 1.54. The molecule has 0 bridgehead atoms. The zero-order chi connectivity index (χ0) is 16.7. The minimum Gasteiger partial charge on any atom is -0.358 e. The van der Waals surface area contributed by atoms with Gasteiger partial charge in [-0.05, 0) is 11.4 Å².